The van der Waals surface area contributed by atoms with E-state index in [2.05, 4.69) is 5.43 Å². The third-order valence-corrected chi connectivity index (χ3v) is 1.46. The molecule has 0 aliphatic carbocycles. The normalized spacial score (nSPS) is 12.9. The van der Waals surface area contributed by atoms with Crippen LogP contribution in [-0.2, 0) is 0 Å². The molecule has 0 aliphatic rings. The predicted molar refractivity (Wildman–Crippen MR) is 42.5 cm³/mol. The van der Waals surface area contributed by atoms with Crippen molar-refractivity contribution < 1.29 is 4.39 Å². The largest absolute Gasteiger partial charge is 0.271 e. The first kappa shape index (κ1) is 8.17. The number of benzene rings is 1. The lowest BCUT2D eigenvalue weighted by Gasteiger charge is -2.05. The van der Waals surface area contributed by atoms with Crippen LogP contribution in [0, 0.1) is 0 Å². The molecule has 0 saturated carbocycles. The molecule has 60 valence electrons. The summed E-state index contributed by atoms with van der Waals surface area (Å²) in [5, 5.41) is 0. The highest BCUT2D eigenvalue weighted by molar-refractivity contribution is 5.17. The molecule has 3 N–H and O–H groups in total. The van der Waals surface area contributed by atoms with E-state index in [9.17, 15) is 4.39 Å². The van der Waals surface area contributed by atoms with Gasteiger partial charge in [-0.15, -0.1) is 0 Å². The van der Waals surface area contributed by atoms with Crippen LogP contribution >= 0.6 is 0 Å². The number of alkyl halides is 1. The van der Waals surface area contributed by atoms with Gasteiger partial charge in [-0.1, -0.05) is 30.3 Å². The minimum Gasteiger partial charge on any atom is -0.271 e. The van der Waals surface area contributed by atoms with E-state index in [1.165, 1.54) is 0 Å². The number of hydrazine groups is 1. The third kappa shape index (κ3) is 2.29. The Kier molecular flexibility index (Phi) is 3.01. The average molecular weight is 154 g/mol. The van der Waals surface area contributed by atoms with Gasteiger partial charge in [-0.3, -0.25) is 11.3 Å². The fraction of sp³-hybridized carbons (Fsp3) is 0.250. The Morgan fingerprint density at radius 1 is 1.36 bits per heavy atom. The highest BCUT2D eigenvalue weighted by atomic mass is 19.1. The molecule has 1 atom stereocenters. The van der Waals surface area contributed by atoms with Crippen molar-refractivity contribution in [2.75, 3.05) is 6.54 Å². The molecule has 0 aromatic heterocycles. The van der Waals surface area contributed by atoms with Gasteiger partial charge in [0.05, 0.1) is 0 Å². The molecule has 0 saturated heterocycles. The summed E-state index contributed by atoms with van der Waals surface area (Å²) >= 11 is 0. The summed E-state index contributed by atoms with van der Waals surface area (Å²) in [6, 6.07) is 8.94. The Labute approximate surface area is 65.2 Å². The van der Waals surface area contributed by atoms with Gasteiger partial charge in [0.2, 0.25) is 0 Å². The zero-order valence-electron chi connectivity index (χ0n) is 6.13. The Balaban J connectivity index is 2.61. The van der Waals surface area contributed by atoms with Crippen molar-refractivity contribution in [3.8, 4) is 0 Å². The molecule has 1 rings (SSSR count). The lowest BCUT2D eigenvalue weighted by atomic mass is 10.1. The summed E-state index contributed by atoms with van der Waals surface area (Å²) in [6.45, 7) is 0.157. The van der Waals surface area contributed by atoms with Crippen LogP contribution in [0.1, 0.15) is 11.7 Å². The van der Waals surface area contributed by atoms with Gasteiger partial charge >= 0.3 is 0 Å². The predicted octanol–water partition coefficient (Wildman–Crippen LogP) is 1.16. The highest BCUT2D eigenvalue weighted by Gasteiger charge is 2.05. The molecule has 0 heterocycles. The second kappa shape index (κ2) is 4.05. The summed E-state index contributed by atoms with van der Waals surface area (Å²) in [7, 11) is 0. The Morgan fingerprint density at radius 3 is 2.55 bits per heavy atom. The minimum atomic E-state index is -1.01. The van der Waals surface area contributed by atoms with E-state index in [0.717, 1.165) is 0 Å². The maximum absolute atomic E-state index is 13.0. The van der Waals surface area contributed by atoms with Crippen LogP contribution in [0.15, 0.2) is 30.3 Å². The van der Waals surface area contributed by atoms with Gasteiger partial charge in [-0.05, 0) is 5.56 Å². The van der Waals surface area contributed by atoms with Crippen LogP contribution in [-0.4, -0.2) is 6.54 Å². The molecule has 1 unspecified atom stereocenters. The van der Waals surface area contributed by atoms with E-state index in [-0.39, 0.29) is 6.54 Å². The standard InChI is InChI=1S/C8H11FN2/c9-8(6-11-10)7-4-2-1-3-5-7/h1-5,8,11H,6,10H2. The van der Waals surface area contributed by atoms with E-state index >= 15 is 0 Å². The summed E-state index contributed by atoms with van der Waals surface area (Å²) in [4.78, 5) is 0. The number of nitrogens with one attached hydrogen (secondary N) is 1. The van der Waals surface area contributed by atoms with Crippen molar-refractivity contribution >= 4 is 0 Å². The van der Waals surface area contributed by atoms with Crippen molar-refractivity contribution in [1.29, 1.82) is 0 Å². The minimum absolute atomic E-state index is 0.157. The lowest BCUT2D eigenvalue weighted by molar-refractivity contribution is 0.330. The van der Waals surface area contributed by atoms with E-state index in [1.54, 1.807) is 24.3 Å². The molecule has 11 heavy (non-hydrogen) atoms. The smallest absolute Gasteiger partial charge is 0.139 e. The number of hydrogen-bond acceptors (Lipinski definition) is 2. The summed E-state index contributed by atoms with van der Waals surface area (Å²) in [5.74, 6) is 4.98. The molecule has 0 amide bonds. The quantitative estimate of drug-likeness (QED) is 0.506. The second-order valence-electron chi connectivity index (χ2n) is 2.29. The molecule has 0 bridgehead atoms. The number of rotatable bonds is 3. The van der Waals surface area contributed by atoms with Crippen LogP contribution in [0.2, 0.25) is 0 Å². The van der Waals surface area contributed by atoms with Crippen LogP contribution < -0.4 is 11.3 Å². The fourth-order valence-electron chi connectivity index (χ4n) is 0.883. The summed E-state index contributed by atoms with van der Waals surface area (Å²) in [5.41, 5.74) is 2.95. The first-order chi connectivity index (χ1) is 5.34. The van der Waals surface area contributed by atoms with E-state index in [0.29, 0.717) is 5.56 Å². The topological polar surface area (TPSA) is 38.0 Å². The first-order valence-corrected chi connectivity index (χ1v) is 3.47. The van der Waals surface area contributed by atoms with E-state index in [1.807, 2.05) is 6.07 Å². The van der Waals surface area contributed by atoms with Crippen LogP contribution in [0.25, 0.3) is 0 Å². The van der Waals surface area contributed by atoms with E-state index in [4.69, 9.17) is 5.84 Å². The van der Waals surface area contributed by atoms with E-state index < -0.39 is 6.17 Å². The number of nitrogens with two attached hydrogens (primary N) is 1. The fourth-order valence-corrected chi connectivity index (χ4v) is 0.883. The summed E-state index contributed by atoms with van der Waals surface area (Å²) in [6.07, 6.45) is -1.01. The van der Waals surface area contributed by atoms with Gasteiger partial charge in [0.25, 0.3) is 0 Å². The monoisotopic (exact) mass is 154 g/mol. The molecule has 0 spiro atoms. The molecule has 1 aromatic carbocycles. The van der Waals surface area contributed by atoms with Crippen molar-refractivity contribution in [3.63, 3.8) is 0 Å². The Hall–Kier alpha value is -0.930. The highest BCUT2D eigenvalue weighted by Crippen LogP contribution is 2.14. The number of hydrogen-bond donors (Lipinski definition) is 2. The van der Waals surface area contributed by atoms with Crippen LogP contribution in [0.3, 0.4) is 0 Å². The molecule has 2 nitrogen and oxygen atoms in total. The lowest BCUT2D eigenvalue weighted by Crippen LogP contribution is -2.26. The van der Waals surface area contributed by atoms with Gasteiger partial charge in [0, 0.05) is 6.54 Å². The molecular weight excluding hydrogens is 143 g/mol. The van der Waals surface area contributed by atoms with Crippen LogP contribution in [0.4, 0.5) is 4.39 Å². The van der Waals surface area contributed by atoms with Crippen molar-refractivity contribution in [2.24, 2.45) is 5.84 Å². The summed E-state index contributed by atoms with van der Waals surface area (Å²) < 4.78 is 13.0. The van der Waals surface area contributed by atoms with Crippen molar-refractivity contribution in [1.82, 2.24) is 5.43 Å². The molecule has 0 radical (unpaired) electrons. The van der Waals surface area contributed by atoms with Gasteiger partial charge in [0.1, 0.15) is 6.17 Å². The molecule has 3 heteroatoms. The maximum Gasteiger partial charge on any atom is 0.139 e. The zero-order chi connectivity index (χ0) is 8.10. The molecule has 1 aromatic rings. The average Bonchev–Trinajstić information content (AvgIpc) is 2.07. The van der Waals surface area contributed by atoms with Gasteiger partial charge in [-0.2, -0.15) is 0 Å². The van der Waals surface area contributed by atoms with Gasteiger partial charge < -0.3 is 0 Å². The molecular formula is C8H11FN2. The SMILES string of the molecule is NNCC(F)c1ccccc1. The van der Waals surface area contributed by atoms with Gasteiger partial charge in [0.15, 0.2) is 0 Å². The van der Waals surface area contributed by atoms with Crippen molar-refractivity contribution in [3.05, 3.63) is 35.9 Å². The molecule has 0 aliphatic heterocycles. The van der Waals surface area contributed by atoms with Crippen LogP contribution in [0.5, 0.6) is 0 Å². The zero-order valence-corrected chi connectivity index (χ0v) is 6.13. The van der Waals surface area contributed by atoms with Gasteiger partial charge in [-0.25, -0.2) is 4.39 Å². The van der Waals surface area contributed by atoms with Crippen molar-refractivity contribution in [2.45, 2.75) is 6.17 Å². The molecule has 0 fully saturated rings. The third-order valence-electron chi connectivity index (χ3n) is 1.46. The Morgan fingerprint density at radius 2 is 2.00 bits per heavy atom. The second-order valence-corrected chi connectivity index (χ2v) is 2.29. The number of halogens is 1. The maximum atomic E-state index is 13.0. The Bertz CT molecular complexity index is 201. The first-order valence-electron chi connectivity index (χ1n) is 3.47.